The first-order valence-electron chi connectivity index (χ1n) is 8.79. The zero-order valence-electron chi connectivity index (χ0n) is 16.4. The molecule has 0 saturated heterocycles. The summed E-state index contributed by atoms with van der Waals surface area (Å²) in [6, 6.07) is 11.4. The van der Waals surface area contributed by atoms with E-state index in [9.17, 15) is 4.79 Å². The van der Waals surface area contributed by atoms with Crippen LogP contribution in [0.3, 0.4) is 0 Å². The van der Waals surface area contributed by atoms with Crippen molar-refractivity contribution in [2.75, 3.05) is 19.4 Å². The number of halogens is 3. The predicted molar refractivity (Wildman–Crippen MR) is 123 cm³/mol. The number of fused-ring (bicyclic) bond motifs is 1. The second kappa shape index (κ2) is 10.6. The molecule has 158 valence electrons. The van der Waals surface area contributed by atoms with E-state index in [-0.39, 0.29) is 36.8 Å². The summed E-state index contributed by atoms with van der Waals surface area (Å²) in [7, 11) is 1.49. The molecule has 6 nitrogen and oxygen atoms in total. The standard InChI is InChI=1S/C20H23ClN4O2.2ClH/c1-12(2)25-17-7-5-4-6-16(17)24-19(25)8-9-23-20(26)13-10-14(21)15(22)11-18(13)27-3;;/h4-7,10-12H,8-9,22H2,1-3H3,(H,23,26);2*1H. The van der Waals surface area contributed by atoms with Crippen molar-refractivity contribution in [3.05, 3.63) is 52.8 Å². The third-order valence-corrected chi connectivity index (χ3v) is 4.71. The first-order valence-corrected chi connectivity index (χ1v) is 9.17. The van der Waals surface area contributed by atoms with Crippen LogP contribution in [-0.4, -0.2) is 29.1 Å². The number of nitrogen functional groups attached to an aromatic ring is 1. The fourth-order valence-electron chi connectivity index (χ4n) is 3.15. The number of rotatable bonds is 6. The van der Waals surface area contributed by atoms with Gasteiger partial charge in [-0.1, -0.05) is 23.7 Å². The molecular weight excluding hydrogens is 435 g/mol. The summed E-state index contributed by atoms with van der Waals surface area (Å²) < 4.78 is 7.44. The van der Waals surface area contributed by atoms with Crippen LogP contribution in [-0.2, 0) is 6.42 Å². The number of nitrogens with one attached hydrogen (secondary N) is 1. The van der Waals surface area contributed by atoms with Crippen molar-refractivity contribution in [2.24, 2.45) is 0 Å². The van der Waals surface area contributed by atoms with Gasteiger partial charge >= 0.3 is 0 Å². The molecule has 1 amide bonds. The zero-order valence-corrected chi connectivity index (χ0v) is 18.8. The van der Waals surface area contributed by atoms with E-state index in [0.717, 1.165) is 16.9 Å². The Morgan fingerprint density at radius 2 is 1.97 bits per heavy atom. The Hall–Kier alpha value is -2.15. The van der Waals surface area contributed by atoms with Gasteiger partial charge in [-0.25, -0.2) is 4.98 Å². The van der Waals surface area contributed by atoms with Crippen molar-refractivity contribution in [2.45, 2.75) is 26.3 Å². The summed E-state index contributed by atoms with van der Waals surface area (Å²) in [4.78, 5) is 17.3. The van der Waals surface area contributed by atoms with E-state index in [1.165, 1.54) is 13.2 Å². The zero-order chi connectivity index (χ0) is 19.6. The van der Waals surface area contributed by atoms with E-state index < -0.39 is 0 Å². The molecule has 3 aromatic rings. The van der Waals surface area contributed by atoms with Gasteiger partial charge in [0.05, 0.1) is 34.4 Å². The lowest BCUT2D eigenvalue weighted by Crippen LogP contribution is -2.27. The molecule has 0 atom stereocenters. The summed E-state index contributed by atoms with van der Waals surface area (Å²) in [5, 5.41) is 3.23. The van der Waals surface area contributed by atoms with Crippen LogP contribution in [0.15, 0.2) is 36.4 Å². The maximum atomic E-state index is 12.6. The van der Waals surface area contributed by atoms with Crippen molar-refractivity contribution in [1.29, 1.82) is 0 Å². The van der Waals surface area contributed by atoms with Crippen LogP contribution in [0.5, 0.6) is 5.75 Å². The quantitative estimate of drug-likeness (QED) is 0.524. The molecule has 0 saturated carbocycles. The van der Waals surface area contributed by atoms with Gasteiger partial charge in [-0.3, -0.25) is 4.79 Å². The molecule has 0 aliphatic carbocycles. The number of imidazole rings is 1. The summed E-state index contributed by atoms with van der Waals surface area (Å²) >= 11 is 6.04. The Morgan fingerprint density at radius 3 is 2.62 bits per heavy atom. The van der Waals surface area contributed by atoms with Crippen molar-refractivity contribution in [3.8, 4) is 5.75 Å². The van der Waals surface area contributed by atoms with Gasteiger partial charge in [0.15, 0.2) is 0 Å². The van der Waals surface area contributed by atoms with Crippen LogP contribution in [0.25, 0.3) is 11.0 Å². The molecule has 3 rings (SSSR count). The minimum absolute atomic E-state index is 0. The number of nitrogens with two attached hydrogens (primary N) is 1. The SMILES string of the molecule is COc1cc(N)c(Cl)cc1C(=O)NCCc1nc2ccccc2n1C(C)C.Cl.Cl. The number of nitrogens with zero attached hydrogens (tertiary/aromatic N) is 2. The van der Waals surface area contributed by atoms with Gasteiger partial charge < -0.3 is 20.4 Å². The minimum atomic E-state index is -0.263. The molecule has 0 radical (unpaired) electrons. The molecule has 0 bridgehead atoms. The van der Waals surface area contributed by atoms with Gasteiger partial charge in [-0.15, -0.1) is 24.8 Å². The Labute approximate surface area is 187 Å². The average molecular weight is 460 g/mol. The minimum Gasteiger partial charge on any atom is -0.496 e. The van der Waals surface area contributed by atoms with Crippen LogP contribution < -0.4 is 15.8 Å². The highest BCUT2D eigenvalue weighted by atomic mass is 35.5. The third-order valence-electron chi connectivity index (χ3n) is 4.38. The van der Waals surface area contributed by atoms with E-state index in [0.29, 0.717) is 35.0 Å². The van der Waals surface area contributed by atoms with Gasteiger partial charge in [-0.2, -0.15) is 0 Å². The molecule has 1 heterocycles. The molecule has 3 N–H and O–H groups in total. The Kier molecular flexibility index (Phi) is 9.08. The number of hydrogen-bond acceptors (Lipinski definition) is 4. The molecule has 0 spiro atoms. The maximum Gasteiger partial charge on any atom is 0.255 e. The van der Waals surface area contributed by atoms with Crippen LogP contribution in [0.1, 0.15) is 36.1 Å². The van der Waals surface area contributed by atoms with Gasteiger partial charge in [0.1, 0.15) is 11.6 Å². The van der Waals surface area contributed by atoms with Crippen molar-refractivity contribution in [1.82, 2.24) is 14.9 Å². The normalized spacial score (nSPS) is 10.4. The van der Waals surface area contributed by atoms with Crippen molar-refractivity contribution < 1.29 is 9.53 Å². The third kappa shape index (κ3) is 5.26. The summed E-state index contributed by atoms with van der Waals surface area (Å²) in [5.74, 6) is 1.07. The molecule has 2 aromatic carbocycles. The largest absolute Gasteiger partial charge is 0.496 e. The number of methoxy groups -OCH3 is 1. The number of carbonyl (C=O) groups excluding carboxylic acids is 1. The second-order valence-electron chi connectivity index (χ2n) is 6.56. The fourth-order valence-corrected chi connectivity index (χ4v) is 3.31. The van der Waals surface area contributed by atoms with E-state index in [1.54, 1.807) is 6.07 Å². The van der Waals surface area contributed by atoms with E-state index in [4.69, 9.17) is 27.1 Å². The smallest absolute Gasteiger partial charge is 0.255 e. The number of benzene rings is 2. The molecular formula is C20H25Cl3N4O2. The van der Waals surface area contributed by atoms with Crippen molar-refractivity contribution >= 4 is 59.0 Å². The fraction of sp³-hybridized carbons (Fsp3) is 0.300. The number of para-hydroxylation sites is 2. The summed E-state index contributed by atoms with van der Waals surface area (Å²) in [5.41, 5.74) is 8.55. The summed E-state index contributed by atoms with van der Waals surface area (Å²) in [6.07, 6.45) is 0.615. The number of aromatic nitrogens is 2. The van der Waals surface area contributed by atoms with E-state index in [2.05, 4.69) is 29.8 Å². The van der Waals surface area contributed by atoms with Crippen LogP contribution in [0, 0.1) is 0 Å². The molecule has 0 aliphatic rings. The molecule has 9 heteroatoms. The monoisotopic (exact) mass is 458 g/mol. The van der Waals surface area contributed by atoms with Gasteiger partial charge in [0.25, 0.3) is 5.91 Å². The number of anilines is 1. The first kappa shape index (κ1) is 24.9. The molecule has 1 aromatic heterocycles. The lowest BCUT2D eigenvalue weighted by molar-refractivity contribution is 0.0951. The predicted octanol–water partition coefficient (Wildman–Crippen LogP) is 4.68. The highest BCUT2D eigenvalue weighted by molar-refractivity contribution is 6.33. The van der Waals surface area contributed by atoms with Crippen molar-refractivity contribution in [3.63, 3.8) is 0 Å². The Morgan fingerprint density at radius 1 is 1.28 bits per heavy atom. The number of ether oxygens (including phenoxy) is 1. The van der Waals surface area contributed by atoms with E-state index >= 15 is 0 Å². The van der Waals surface area contributed by atoms with Gasteiger partial charge in [-0.05, 0) is 32.0 Å². The van der Waals surface area contributed by atoms with Gasteiger partial charge in [0, 0.05) is 25.1 Å². The maximum absolute atomic E-state index is 12.6. The average Bonchev–Trinajstić information content (AvgIpc) is 3.01. The lowest BCUT2D eigenvalue weighted by Gasteiger charge is -2.14. The lowest BCUT2D eigenvalue weighted by atomic mass is 10.1. The van der Waals surface area contributed by atoms with Gasteiger partial charge in [0.2, 0.25) is 0 Å². The Bertz CT molecular complexity index is 989. The highest BCUT2D eigenvalue weighted by Crippen LogP contribution is 2.28. The number of hydrogen-bond donors (Lipinski definition) is 2. The molecule has 0 unspecified atom stereocenters. The van der Waals surface area contributed by atoms with E-state index in [1.807, 2.05) is 18.2 Å². The Balaban J connectivity index is 0.00000210. The van der Waals surface area contributed by atoms with Crippen LogP contribution in [0.4, 0.5) is 5.69 Å². The van der Waals surface area contributed by atoms with Crippen LogP contribution in [0.2, 0.25) is 5.02 Å². The highest BCUT2D eigenvalue weighted by Gasteiger charge is 2.16. The first-order chi connectivity index (χ1) is 12.9. The van der Waals surface area contributed by atoms with Crippen LogP contribution >= 0.6 is 36.4 Å². The number of carbonyl (C=O) groups is 1. The molecule has 0 fully saturated rings. The second-order valence-corrected chi connectivity index (χ2v) is 6.97. The summed E-state index contributed by atoms with van der Waals surface area (Å²) in [6.45, 7) is 4.69. The molecule has 0 aliphatic heterocycles. The topological polar surface area (TPSA) is 82.2 Å². The number of amides is 1. The molecule has 29 heavy (non-hydrogen) atoms.